The first-order valence-electron chi connectivity index (χ1n) is 24.1. The van der Waals surface area contributed by atoms with Gasteiger partial charge in [-0.1, -0.05) is 198 Å². The highest BCUT2D eigenvalue weighted by Crippen LogP contribution is 2.15. The average molecular weight is 799 g/mol. The Morgan fingerprint density at radius 1 is 0.368 bits per heavy atom. The Hall–Kier alpha value is -2.63. The molecule has 0 rings (SSSR count). The predicted octanol–water partition coefficient (Wildman–Crippen LogP) is 15.5. The first-order chi connectivity index (χ1) is 28.0. The summed E-state index contributed by atoms with van der Waals surface area (Å²) in [7, 11) is 0. The van der Waals surface area contributed by atoms with Crippen LogP contribution in [0.15, 0.2) is 48.6 Å². The van der Waals surface area contributed by atoms with Crippen LogP contribution in [0.4, 0.5) is 0 Å². The number of unbranched alkanes of at least 4 members (excludes halogenated alkanes) is 24. The second kappa shape index (κ2) is 46.1. The minimum absolute atomic E-state index is 0.0815. The van der Waals surface area contributed by atoms with Gasteiger partial charge in [-0.3, -0.25) is 14.4 Å². The summed E-state index contributed by atoms with van der Waals surface area (Å²) in [6.45, 7) is 6.47. The van der Waals surface area contributed by atoms with Gasteiger partial charge in [0, 0.05) is 19.3 Å². The van der Waals surface area contributed by atoms with E-state index in [1.165, 1.54) is 96.3 Å². The summed E-state index contributed by atoms with van der Waals surface area (Å²) in [4.78, 5) is 37.8. The third-order valence-electron chi connectivity index (χ3n) is 10.3. The summed E-state index contributed by atoms with van der Waals surface area (Å²) in [5.41, 5.74) is 0. The fourth-order valence-corrected chi connectivity index (χ4v) is 6.67. The maximum absolute atomic E-state index is 12.7. The highest BCUT2D eigenvalue weighted by molar-refractivity contribution is 5.71. The van der Waals surface area contributed by atoms with E-state index in [1.54, 1.807) is 0 Å². The molecule has 1 atom stereocenters. The maximum Gasteiger partial charge on any atom is 0.306 e. The van der Waals surface area contributed by atoms with E-state index in [-0.39, 0.29) is 31.1 Å². The smallest absolute Gasteiger partial charge is 0.306 e. The molecule has 57 heavy (non-hydrogen) atoms. The van der Waals surface area contributed by atoms with Crippen LogP contribution in [-0.4, -0.2) is 37.2 Å². The SMILES string of the molecule is CC/C=C\C/C=C\C/C=C\CCCCCCCC(=O)OCC(COC(=O)CCCCCCC/C=C\CCCC)OC(=O)CCCCCCCCCCCCCCC. The number of carbonyl (C=O) groups excluding carboxylic acids is 3. The molecule has 6 heteroatoms. The minimum atomic E-state index is -0.779. The zero-order valence-electron chi connectivity index (χ0n) is 37.6. The number of rotatable bonds is 43. The van der Waals surface area contributed by atoms with Crippen molar-refractivity contribution in [1.82, 2.24) is 0 Å². The monoisotopic (exact) mass is 799 g/mol. The molecule has 0 saturated carbocycles. The Morgan fingerprint density at radius 3 is 1.14 bits per heavy atom. The summed E-state index contributed by atoms with van der Waals surface area (Å²) < 4.78 is 16.7. The lowest BCUT2D eigenvalue weighted by atomic mass is 10.0. The molecule has 0 radical (unpaired) electrons. The van der Waals surface area contributed by atoms with Crippen LogP contribution >= 0.6 is 0 Å². The van der Waals surface area contributed by atoms with Crippen LogP contribution in [0.2, 0.25) is 0 Å². The quantitative estimate of drug-likeness (QED) is 0.0265. The lowest BCUT2D eigenvalue weighted by molar-refractivity contribution is -0.167. The van der Waals surface area contributed by atoms with Gasteiger partial charge < -0.3 is 14.2 Å². The van der Waals surface area contributed by atoms with E-state index in [2.05, 4.69) is 69.4 Å². The van der Waals surface area contributed by atoms with Crippen LogP contribution in [0.3, 0.4) is 0 Å². The first kappa shape index (κ1) is 54.4. The molecule has 0 spiro atoms. The van der Waals surface area contributed by atoms with Crippen molar-refractivity contribution in [1.29, 1.82) is 0 Å². The maximum atomic E-state index is 12.7. The van der Waals surface area contributed by atoms with Gasteiger partial charge in [0.25, 0.3) is 0 Å². The molecule has 0 aromatic carbocycles. The van der Waals surface area contributed by atoms with E-state index in [4.69, 9.17) is 14.2 Å². The van der Waals surface area contributed by atoms with Gasteiger partial charge in [-0.05, 0) is 70.6 Å². The van der Waals surface area contributed by atoms with Gasteiger partial charge in [0.15, 0.2) is 6.10 Å². The van der Waals surface area contributed by atoms with E-state index in [1.807, 2.05) is 0 Å². The molecule has 0 aliphatic heterocycles. The molecule has 6 nitrogen and oxygen atoms in total. The normalized spacial score (nSPS) is 12.4. The molecule has 0 saturated heterocycles. The number of hydrogen-bond donors (Lipinski definition) is 0. The molecule has 0 aliphatic rings. The number of ether oxygens (including phenoxy) is 3. The van der Waals surface area contributed by atoms with Gasteiger partial charge in [-0.15, -0.1) is 0 Å². The second-order valence-electron chi connectivity index (χ2n) is 16.0. The third kappa shape index (κ3) is 44.3. The molecule has 0 bridgehead atoms. The Kier molecular flexibility index (Phi) is 43.9. The number of carbonyl (C=O) groups is 3. The van der Waals surface area contributed by atoms with Crippen molar-refractivity contribution in [3.8, 4) is 0 Å². The summed E-state index contributed by atoms with van der Waals surface area (Å²) in [6.07, 6.45) is 53.7. The number of hydrogen-bond acceptors (Lipinski definition) is 6. The van der Waals surface area contributed by atoms with E-state index in [0.29, 0.717) is 19.3 Å². The Morgan fingerprint density at radius 2 is 0.702 bits per heavy atom. The van der Waals surface area contributed by atoms with Crippen molar-refractivity contribution in [3.05, 3.63) is 48.6 Å². The zero-order chi connectivity index (χ0) is 41.5. The van der Waals surface area contributed by atoms with E-state index in [9.17, 15) is 14.4 Å². The summed E-state index contributed by atoms with van der Waals surface area (Å²) in [5, 5.41) is 0. The largest absolute Gasteiger partial charge is 0.462 e. The minimum Gasteiger partial charge on any atom is -0.462 e. The van der Waals surface area contributed by atoms with Crippen molar-refractivity contribution < 1.29 is 28.6 Å². The molecular weight excluding hydrogens is 709 g/mol. The summed E-state index contributed by atoms with van der Waals surface area (Å²) >= 11 is 0. The molecular formula is C51H90O6. The molecule has 0 N–H and O–H groups in total. The van der Waals surface area contributed by atoms with Gasteiger partial charge >= 0.3 is 17.9 Å². The van der Waals surface area contributed by atoms with Crippen LogP contribution in [-0.2, 0) is 28.6 Å². The fourth-order valence-electron chi connectivity index (χ4n) is 6.67. The number of esters is 3. The van der Waals surface area contributed by atoms with Crippen LogP contribution in [0.5, 0.6) is 0 Å². The van der Waals surface area contributed by atoms with Crippen molar-refractivity contribution in [3.63, 3.8) is 0 Å². The lowest BCUT2D eigenvalue weighted by Gasteiger charge is -2.18. The van der Waals surface area contributed by atoms with Gasteiger partial charge in [0.2, 0.25) is 0 Å². The Bertz CT molecular complexity index is 1010. The number of allylic oxidation sites excluding steroid dienone is 8. The predicted molar refractivity (Wildman–Crippen MR) is 242 cm³/mol. The Balaban J connectivity index is 4.39. The van der Waals surface area contributed by atoms with Crippen molar-refractivity contribution in [2.45, 2.75) is 245 Å². The standard InChI is InChI=1S/C51H90O6/c1-4-7-10-13-16-19-22-24-25-27-29-32-35-38-41-44-50(53)56-47-48(46-55-49(52)43-40-37-34-31-28-21-18-15-12-9-6-3)57-51(54)45-42-39-36-33-30-26-23-20-17-14-11-8-5-2/h7,10,15-16,18-19,24-25,48H,4-6,8-9,11-14,17,20-23,26-47H2,1-3H3/b10-7-,18-15-,19-16-,25-24-. The van der Waals surface area contributed by atoms with Crippen LogP contribution in [0.25, 0.3) is 0 Å². The van der Waals surface area contributed by atoms with Crippen molar-refractivity contribution in [2.24, 2.45) is 0 Å². The second-order valence-corrected chi connectivity index (χ2v) is 16.0. The van der Waals surface area contributed by atoms with Gasteiger partial charge in [0.1, 0.15) is 13.2 Å². The van der Waals surface area contributed by atoms with Crippen molar-refractivity contribution >= 4 is 17.9 Å². The van der Waals surface area contributed by atoms with E-state index >= 15 is 0 Å². The van der Waals surface area contributed by atoms with Crippen LogP contribution in [0, 0.1) is 0 Å². The summed E-state index contributed by atoms with van der Waals surface area (Å²) in [5.74, 6) is -0.904. The third-order valence-corrected chi connectivity index (χ3v) is 10.3. The zero-order valence-corrected chi connectivity index (χ0v) is 37.6. The Labute approximate surface area is 352 Å². The first-order valence-corrected chi connectivity index (χ1v) is 24.1. The average Bonchev–Trinajstić information content (AvgIpc) is 3.21. The molecule has 330 valence electrons. The molecule has 1 unspecified atom stereocenters. The molecule has 0 fully saturated rings. The molecule has 0 aliphatic carbocycles. The van der Waals surface area contributed by atoms with E-state index in [0.717, 1.165) is 103 Å². The highest BCUT2D eigenvalue weighted by atomic mass is 16.6. The highest BCUT2D eigenvalue weighted by Gasteiger charge is 2.19. The van der Waals surface area contributed by atoms with Gasteiger partial charge in [-0.2, -0.15) is 0 Å². The molecule has 0 amide bonds. The summed E-state index contributed by atoms with van der Waals surface area (Å²) in [6, 6.07) is 0. The fraction of sp³-hybridized carbons (Fsp3) is 0.784. The van der Waals surface area contributed by atoms with E-state index < -0.39 is 6.10 Å². The van der Waals surface area contributed by atoms with Gasteiger partial charge in [0.05, 0.1) is 0 Å². The topological polar surface area (TPSA) is 78.9 Å². The molecule has 0 aromatic rings. The van der Waals surface area contributed by atoms with Crippen LogP contribution < -0.4 is 0 Å². The van der Waals surface area contributed by atoms with Crippen LogP contribution in [0.1, 0.15) is 239 Å². The molecule has 0 heterocycles. The lowest BCUT2D eigenvalue weighted by Crippen LogP contribution is -2.30. The van der Waals surface area contributed by atoms with Gasteiger partial charge in [-0.25, -0.2) is 0 Å². The molecule has 0 aromatic heterocycles. The van der Waals surface area contributed by atoms with Crippen molar-refractivity contribution in [2.75, 3.05) is 13.2 Å².